The van der Waals surface area contributed by atoms with E-state index < -0.39 is 10.0 Å². The average molecular weight is 278 g/mol. The number of rotatable bonds is 7. The first kappa shape index (κ1) is 14.6. The molecule has 98 valence electrons. The number of thiophene rings is 1. The quantitative estimate of drug-likeness (QED) is 0.777. The van der Waals surface area contributed by atoms with Gasteiger partial charge in [-0.25, -0.2) is 13.1 Å². The standard InChI is InChI=1S/C10H18N2O3S2/c1-3-15-8(2)6-12-17(13,14)10-4-9(5-11)16-7-10/h4,7-8,12H,3,5-6,11H2,1-2H3. The van der Waals surface area contributed by atoms with E-state index in [1.807, 2.05) is 13.8 Å². The Balaban J connectivity index is 2.62. The maximum absolute atomic E-state index is 11.9. The van der Waals surface area contributed by atoms with Crippen LogP contribution in [-0.2, 0) is 21.3 Å². The first-order valence-corrected chi connectivity index (χ1v) is 7.74. The van der Waals surface area contributed by atoms with Crippen LogP contribution in [0.25, 0.3) is 0 Å². The molecule has 1 unspecified atom stereocenters. The summed E-state index contributed by atoms with van der Waals surface area (Å²) >= 11 is 1.35. The third kappa shape index (κ3) is 4.36. The minimum atomic E-state index is -3.44. The van der Waals surface area contributed by atoms with E-state index in [2.05, 4.69) is 4.72 Å². The van der Waals surface area contributed by atoms with Crippen LogP contribution in [0.5, 0.6) is 0 Å². The van der Waals surface area contributed by atoms with Crippen molar-refractivity contribution < 1.29 is 13.2 Å². The van der Waals surface area contributed by atoms with Crippen molar-refractivity contribution in [1.82, 2.24) is 4.72 Å². The molecule has 1 aromatic heterocycles. The second kappa shape index (κ2) is 6.46. The second-order valence-electron chi connectivity index (χ2n) is 3.57. The van der Waals surface area contributed by atoms with E-state index in [1.165, 1.54) is 11.3 Å². The summed E-state index contributed by atoms with van der Waals surface area (Å²) in [7, 11) is -3.44. The van der Waals surface area contributed by atoms with E-state index in [-0.39, 0.29) is 17.5 Å². The molecule has 0 saturated carbocycles. The SMILES string of the molecule is CCOC(C)CNS(=O)(=O)c1csc(CN)c1. The third-order valence-corrected chi connectivity index (χ3v) is 4.66. The van der Waals surface area contributed by atoms with Crippen molar-refractivity contribution >= 4 is 21.4 Å². The van der Waals surface area contributed by atoms with Gasteiger partial charge in [-0.15, -0.1) is 11.3 Å². The van der Waals surface area contributed by atoms with Crippen molar-refractivity contribution in [3.05, 3.63) is 16.3 Å². The van der Waals surface area contributed by atoms with Gasteiger partial charge in [0, 0.05) is 30.0 Å². The molecule has 0 radical (unpaired) electrons. The highest BCUT2D eigenvalue weighted by atomic mass is 32.2. The van der Waals surface area contributed by atoms with E-state index in [0.717, 1.165) is 4.88 Å². The number of nitrogens with two attached hydrogens (primary N) is 1. The van der Waals surface area contributed by atoms with Crippen LogP contribution in [-0.4, -0.2) is 27.7 Å². The number of ether oxygens (including phenoxy) is 1. The third-order valence-electron chi connectivity index (χ3n) is 2.15. The first-order valence-electron chi connectivity index (χ1n) is 5.38. The molecule has 5 nitrogen and oxygen atoms in total. The zero-order valence-electron chi connectivity index (χ0n) is 9.97. The van der Waals surface area contributed by atoms with Gasteiger partial charge in [0.15, 0.2) is 0 Å². The van der Waals surface area contributed by atoms with Gasteiger partial charge in [-0.3, -0.25) is 0 Å². The molecule has 0 aliphatic rings. The topological polar surface area (TPSA) is 81.4 Å². The molecule has 1 aromatic rings. The molecular formula is C10H18N2O3S2. The van der Waals surface area contributed by atoms with Gasteiger partial charge < -0.3 is 10.5 Å². The Hall–Kier alpha value is -0.470. The maximum atomic E-state index is 11.9. The largest absolute Gasteiger partial charge is 0.377 e. The summed E-state index contributed by atoms with van der Waals surface area (Å²) in [5.41, 5.74) is 5.44. The van der Waals surface area contributed by atoms with Crippen LogP contribution in [0.4, 0.5) is 0 Å². The fraction of sp³-hybridized carbons (Fsp3) is 0.600. The summed E-state index contributed by atoms with van der Waals surface area (Å²) in [5, 5.41) is 1.59. The van der Waals surface area contributed by atoms with Gasteiger partial charge in [0.05, 0.1) is 11.0 Å². The van der Waals surface area contributed by atoms with E-state index >= 15 is 0 Å². The predicted octanol–water partition coefficient (Wildman–Crippen LogP) is 0.910. The lowest BCUT2D eigenvalue weighted by molar-refractivity contribution is 0.0799. The first-order chi connectivity index (χ1) is 7.99. The smallest absolute Gasteiger partial charge is 0.241 e. The van der Waals surface area contributed by atoms with Gasteiger partial charge in [-0.05, 0) is 19.9 Å². The summed E-state index contributed by atoms with van der Waals surface area (Å²) in [6.07, 6.45) is -0.137. The van der Waals surface area contributed by atoms with Crippen molar-refractivity contribution in [3.63, 3.8) is 0 Å². The molecule has 0 aliphatic carbocycles. The molecule has 17 heavy (non-hydrogen) atoms. The number of sulfonamides is 1. The van der Waals surface area contributed by atoms with Crippen LogP contribution >= 0.6 is 11.3 Å². The van der Waals surface area contributed by atoms with Crippen LogP contribution in [0.1, 0.15) is 18.7 Å². The Labute approximate surface area is 106 Å². The van der Waals surface area contributed by atoms with Gasteiger partial charge >= 0.3 is 0 Å². The van der Waals surface area contributed by atoms with Crippen LogP contribution in [0.3, 0.4) is 0 Å². The second-order valence-corrected chi connectivity index (χ2v) is 6.33. The Morgan fingerprint density at radius 3 is 2.82 bits per heavy atom. The zero-order chi connectivity index (χ0) is 12.9. The van der Waals surface area contributed by atoms with Crippen LogP contribution < -0.4 is 10.5 Å². The van der Waals surface area contributed by atoms with Crippen LogP contribution in [0, 0.1) is 0 Å². The highest BCUT2D eigenvalue weighted by molar-refractivity contribution is 7.89. The van der Waals surface area contributed by atoms with E-state index in [1.54, 1.807) is 11.4 Å². The van der Waals surface area contributed by atoms with Crippen molar-refractivity contribution in [1.29, 1.82) is 0 Å². The summed E-state index contributed by atoms with van der Waals surface area (Å²) < 4.78 is 31.5. The summed E-state index contributed by atoms with van der Waals surface area (Å²) in [4.78, 5) is 1.12. The minimum absolute atomic E-state index is 0.137. The van der Waals surface area contributed by atoms with Crippen molar-refractivity contribution in [2.75, 3.05) is 13.2 Å². The van der Waals surface area contributed by atoms with E-state index in [4.69, 9.17) is 10.5 Å². The fourth-order valence-electron chi connectivity index (χ4n) is 1.26. The molecule has 0 fully saturated rings. The Morgan fingerprint density at radius 2 is 2.29 bits per heavy atom. The number of nitrogens with one attached hydrogen (secondary N) is 1. The molecule has 0 aromatic carbocycles. The molecule has 0 amide bonds. The van der Waals surface area contributed by atoms with Crippen molar-refractivity contribution in [2.45, 2.75) is 31.4 Å². The zero-order valence-corrected chi connectivity index (χ0v) is 11.6. The summed E-state index contributed by atoms with van der Waals surface area (Å²) in [6, 6.07) is 1.60. The monoisotopic (exact) mass is 278 g/mol. The minimum Gasteiger partial charge on any atom is -0.377 e. The average Bonchev–Trinajstić information content (AvgIpc) is 2.76. The molecular weight excluding hydrogens is 260 g/mol. The molecule has 0 saturated heterocycles. The Bertz CT molecular complexity index is 442. The maximum Gasteiger partial charge on any atom is 0.241 e. The molecule has 1 atom stereocenters. The van der Waals surface area contributed by atoms with Gasteiger partial charge in [-0.1, -0.05) is 0 Å². The van der Waals surface area contributed by atoms with Gasteiger partial charge in [0.1, 0.15) is 0 Å². The highest BCUT2D eigenvalue weighted by Gasteiger charge is 2.16. The van der Waals surface area contributed by atoms with Gasteiger partial charge in [-0.2, -0.15) is 0 Å². The fourth-order valence-corrected chi connectivity index (χ4v) is 3.53. The van der Waals surface area contributed by atoms with E-state index in [9.17, 15) is 8.42 Å². The van der Waals surface area contributed by atoms with Gasteiger partial charge in [0.25, 0.3) is 0 Å². The van der Waals surface area contributed by atoms with Crippen molar-refractivity contribution in [3.8, 4) is 0 Å². The molecule has 0 aliphatic heterocycles. The van der Waals surface area contributed by atoms with E-state index in [0.29, 0.717) is 13.2 Å². The number of hydrogen-bond donors (Lipinski definition) is 2. The Morgan fingerprint density at radius 1 is 1.59 bits per heavy atom. The molecule has 3 N–H and O–H groups in total. The number of hydrogen-bond acceptors (Lipinski definition) is 5. The molecule has 7 heteroatoms. The molecule has 0 bridgehead atoms. The lowest BCUT2D eigenvalue weighted by atomic mass is 10.4. The molecule has 1 heterocycles. The lowest BCUT2D eigenvalue weighted by Crippen LogP contribution is -2.32. The lowest BCUT2D eigenvalue weighted by Gasteiger charge is -2.12. The summed E-state index contributed by atoms with van der Waals surface area (Å²) in [5.74, 6) is 0. The molecule has 1 rings (SSSR count). The Kier molecular flexibility index (Phi) is 5.54. The van der Waals surface area contributed by atoms with Gasteiger partial charge in [0.2, 0.25) is 10.0 Å². The van der Waals surface area contributed by atoms with Crippen LogP contribution in [0.2, 0.25) is 0 Å². The van der Waals surface area contributed by atoms with Crippen LogP contribution in [0.15, 0.2) is 16.3 Å². The predicted molar refractivity (Wildman–Crippen MR) is 68.5 cm³/mol. The highest BCUT2D eigenvalue weighted by Crippen LogP contribution is 2.18. The van der Waals surface area contributed by atoms with Crippen molar-refractivity contribution in [2.24, 2.45) is 5.73 Å². The summed E-state index contributed by atoms with van der Waals surface area (Å²) in [6.45, 7) is 4.89. The normalized spacial score (nSPS) is 13.8. The molecule has 0 spiro atoms.